The molecule has 0 saturated carbocycles. The fraction of sp³-hybridized carbons (Fsp3) is 0. The summed E-state index contributed by atoms with van der Waals surface area (Å²) < 4.78 is 56.3. The molecule has 0 aliphatic rings. The average Bonchev–Trinajstić information content (AvgIpc) is 2.74. The van der Waals surface area contributed by atoms with E-state index in [1.54, 1.807) is 0 Å². The third-order valence-corrected chi connectivity index (χ3v) is 2.50. The van der Waals surface area contributed by atoms with Crippen LogP contribution in [0.2, 0.25) is 0 Å². The normalized spacial score (nSPS) is 10.8. The standard InChI is InChI=1S/C8H2F4N2OS/c9-3-5(16-8-13-1-2-15-8)4(10)7(12)14-6(3)11/h1-2H. The molecule has 3 nitrogen and oxygen atoms in total. The minimum atomic E-state index is -1.71. The Balaban J connectivity index is 2.47. The summed E-state index contributed by atoms with van der Waals surface area (Å²) in [6, 6.07) is 0. The van der Waals surface area contributed by atoms with Crippen LogP contribution in [0.4, 0.5) is 17.6 Å². The molecule has 0 aromatic carbocycles. The van der Waals surface area contributed by atoms with Crippen LogP contribution >= 0.6 is 11.8 Å². The van der Waals surface area contributed by atoms with E-state index in [-0.39, 0.29) is 5.22 Å². The molecule has 16 heavy (non-hydrogen) atoms. The van der Waals surface area contributed by atoms with Crippen molar-refractivity contribution in [2.45, 2.75) is 10.1 Å². The van der Waals surface area contributed by atoms with E-state index in [4.69, 9.17) is 0 Å². The fourth-order valence-corrected chi connectivity index (χ4v) is 1.65. The Morgan fingerprint density at radius 2 is 1.69 bits per heavy atom. The van der Waals surface area contributed by atoms with Crippen molar-refractivity contribution in [1.82, 2.24) is 9.97 Å². The topological polar surface area (TPSA) is 38.9 Å². The number of hydrogen-bond acceptors (Lipinski definition) is 4. The molecule has 0 fully saturated rings. The van der Waals surface area contributed by atoms with Gasteiger partial charge in [0.15, 0.2) is 11.6 Å². The van der Waals surface area contributed by atoms with Crippen LogP contribution in [-0.4, -0.2) is 9.97 Å². The Morgan fingerprint density at radius 1 is 1.06 bits per heavy atom. The predicted molar refractivity (Wildman–Crippen MR) is 44.7 cm³/mol. The van der Waals surface area contributed by atoms with Crippen LogP contribution in [0.3, 0.4) is 0 Å². The van der Waals surface area contributed by atoms with E-state index in [0.717, 1.165) is 6.26 Å². The summed E-state index contributed by atoms with van der Waals surface area (Å²) in [6.07, 6.45) is 2.39. The summed E-state index contributed by atoms with van der Waals surface area (Å²) in [5, 5.41) is -0.136. The summed E-state index contributed by atoms with van der Waals surface area (Å²) in [7, 11) is 0. The van der Waals surface area contributed by atoms with Gasteiger partial charge in [-0.2, -0.15) is 13.8 Å². The quantitative estimate of drug-likeness (QED) is 0.606. The highest BCUT2D eigenvalue weighted by atomic mass is 32.2. The molecule has 0 bridgehead atoms. The van der Waals surface area contributed by atoms with Gasteiger partial charge in [0, 0.05) is 0 Å². The van der Waals surface area contributed by atoms with Gasteiger partial charge in [0.2, 0.25) is 0 Å². The number of halogens is 4. The third kappa shape index (κ3) is 1.87. The summed E-state index contributed by atoms with van der Waals surface area (Å²) in [4.78, 5) is 5.08. The molecule has 84 valence electrons. The molecule has 0 aliphatic heterocycles. The SMILES string of the molecule is Fc1nc(F)c(F)c(Sc2ncco2)c1F. The van der Waals surface area contributed by atoms with Crippen LogP contribution in [0.25, 0.3) is 0 Å². The minimum absolute atomic E-state index is 0.136. The lowest BCUT2D eigenvalue weighted by Crippen LogP contribution is -2.01. The Morgan fingerprint density at radius 3 is 2.19 bits per heavy atom. The van der Waals surface area contributed by atoms with E-state index in [9.17, 15) is 17.6 Å². The zero-order valence-corrected chi connectivity index (χ0v) is 8.19. The number of pyridine rings is 1. The van der Waals surface area contributed by atoms with Crippen molar-refractivity contribution in [3.63, 3.8) is 0 Å². The molecular formula is C8H2F4N2OS. The Bertz CT molecular complexity index is 491. The molecule has 2 aromatic rings. The molecule has 0 spiro atoms. The number of rotatable bonds is 2. The van der Waals surface area contributed by atoms with Crippen molar-refractivity contribution >= 4 is 11.8 Å². The van der Waals surface area contributed by atoms with Crippen LogP contribution in [0, 0.1) is 23.5 Å². The highest BCUT2D eigenvalue weighted by Gasteiger charge is 2.22. The van der Waals surface area contributed by atoms with Crippen molar-refractivity contribution in [3.8, 4) is 0 Å². The van der Waals surface area contributed by atoms with E-state index < -0.39 is 28.4 Å². The summed E-state index contributed by atoms with van der Waals surface area (Å²) in [6.45, 7) is 0. The van der Waals surface area contributed by atoms with Gasteiger partial charge in [0.25, 0.3) is 17.1 Å². The smallest absolute Gasteiger partial charge is 0.260 e. The van der Waals surface area contributed by atoms with Crippen LogP contribution in [0.5, 0.6) is 0 Å². The first kappa shape index (κ1) is 10.9. The molecule has 0 unspecified atom stereocenters. The molecule has 0 saturated heterocycles. The molecule has 2 heterocycles. The maximum absolute atomic E-state index is 13.1. The maximum Gasteiger partial charge on any atom is 0.260 e. The monoisotopic (exact) mass is 250 g/mol. The maximum atomic E-state index is 13.1. The van der Waals surface area contributed by atoms with Crippen LogP contribution in [0.1, 0.15) is 0 Å². The van der Waals surface area contributed by atoms with Crippen LogP contribution in [0.15, 0.2) is 27.0 Å². The second kappa shape index (κ2) is 4.12. The van der Waals surface area contributed by atoms with Gasteiger partial charge in [0.1, 0.15) is 6.26 Å². The first-order valence-electron chi connectivity index (χ1n) is 3.87. The number of hydrogen-bond donors (Lipinski definition) is 0. The predicted octanol–water partition coefficient (Wildman–Crippen LogP) is 2.78. The molecule has 0 radical (unpaired) electrons. The molecule has 0 aliphatic carbocycles. The Kier molecular flexibility index (Phi) is 2.82. The van der Waals surface area contributed by atoms with Crippen molar-refractivity contribution in [3.05, 3.63) is 36.0 Å². The molecular weight excluding hydrogens is 248 g/mol. The van der Waals surface area contributed by atoms with Gasteiger partial charge in [-0.3, -0.25) is 0 Å². The third-order valence-electron chi connectivity index (χ3n) is 1.56. The van der Waals surface area contributed by atoms with E-state index in [0.29, 0.717) is 11.8 Å². The van der Waals surface area contributed by atoms with E-state index in [1.807, 2.05) is 0 Å². The van der Waals surface area contributed by atoms with Gasteiger partial charge >= 0.3 is 0 Å². The summed E-state index contributed by atoms with van der Waals surface area (Å²) in [5.74, 6) is -6.59. The molecule has 0 N–H and O–H groups in total. The summed E-state index contributed by atoms with van der Waals surface area (Å²) in [5.41, 5.74) is 0. The van der Waals surface area contributed by atoms with Crippen molar-refractivity contribution in [2.24, 2.45) is 0 Å². The second-order valence-electron chi connectivity index (χ2n) is 2.55. The molecule has 0 amide bonds. The Labute approximate surface area is 90.5 Å². The first-order chi connectivity index (χ1) is 7.59. The molecule has 0 atom stereocenters. The van der Waals surface area contributed by atoms with Gasteiger partial charge in [0.05, 0.1) is 11.1 Å². The van der Waals surface area contributed by atoms with E-state index in [1.165, 1.54) is 6.20 Å². The second-order valence-corrected chi connectivity index (χ2v) is 3.51. The van der Waals surface area contributed by atoms with Gasteiger partial charge in [-0.05, 0) is 11.8 Å². The fourth-order valence-electron chi connectivity index (χ4n) is 0.906. The summed E-state index contributed by atoms with van der Waals surface area (Å²) >= 11 is 0.328. The van der Waals surface area contributed by atoms with Gasteiger partial charge < -0.3 is 4.42 Å². The van der Waals surface area contributed by atoms with E-state index in [2.05, 4.69) is 14.4 Å². The highest BCUT2D eigenvalue weighted by molar-refractivity contribution is 7.99. The van der Waals surface area contributed by atoms with Crippen LogP contribution in [-0.2, 0) is 0 Å². The number of oxazole rings is 1. The molecule has 2 rings (SSSR count). The average molecular weight is 250 g/mol. The molecule has 8 heteroatoms. The van der Waals surface area contributed by atoms with Gasteiger partial charge in [-0.25, -0.2) is 13.8 Å². The molecule has 2 aromatic heterocycles. The highest BCUT2D eigenvalue weighted by Crippen LogP contribution is 2.32. The van der Waals surface area contributed by atoms with Crippen molar-refractivity contribution in [2.75, 3.05) is 0 Å². The van der Waals surface area contributed by atoms with Crippen LogP contribution < -0.4 is 0 Å². The van der Waals surface area contributed by atoms with Crippen molar-refractivity contribution < 1.29 is 22.0 Å². The first-order valence-corrected chi connectivity index (χ1v) is 4.68. The lowest BCUT2D eigenvalue weighted by Gasteiger charge is -2.02. The van der Waals surface area contributed by atoms with Gasteiger partial charge in [-0.1, -0.05) is 0 Å². The zero-order valence-electron chi connectivity index (χ0n) is 7.38. The lowest BCUT2D eigenvalue weighted by atomic mass is 10.4. The van der Waals surface area contributed by atoms with Crippen molar-refractivity contribution in [1.29, 1.82) is 0 Å². The largest absolute Gasteiger partial charge is 0.440 e. The number of nitrogens with zero attached hydrogens (tertiary/aromatic N) is 2. The lowest BCUT2D eigenvalue weighted by molar-refractivity contribution is 0.382. The van der Waals surface area contributed by atoms with Gasteiger partial charge in [-0.15, -0.1) is 0 Å². The number of aromatic nitrogens is 2. The minimum Gasteiger partial charge on any atom is -0.440 e. The van der Waals surface area contributed by atoms with E-state index >= 15 is 0 Å². The zero-order chi connectivity index (χ0) is 11.7. The Hall–Kier alpha value is -1.57.